The maximum absolute atomic E-state index is 14.0. The number of hydrogen-bond donors (Lipinski definition) is 1. The molecule has 0 aliphatic rings. The summed E-state index contributed by atoms with van der Waals surface area (Å²) in [5.41, 5.74) is 4.70. The van der Waals surface area contributed by atoms with Gasteiger partial charge in [-0.25, -0.2) is 9.18 Å². The van der Waals surface area contributed by atoms with E-state index in [4.69, 9.17) is 9.26 Å². The smallest absolute Gasteiger partial charge is 0.326 e. The minimum atomic E-state index is -0.387. The molecule has 0 bridgehead atoms. The predicted molar refractivity (Wildman–Crippen MR) is 100 cm³/mol. The molecule has 0 aliphatic heterocycles. The molecule has 2 aromatic carbocycles. The topological polar surface area (TPSA) is 73.1 Å². The van der Waals surface area contributed by atoms with Gasteiger partial charge in [-0.3, -0.25) is 4.57 Å². The van der Waals surface area contributed by atoms with E-state index in [2.05, 4.69) is 10.1 Å². The molecule has 7 heteroatoms. The van der Waals surface area contributed by atoms with E-state index in [1.807, 2.05) is 26.0 Å². The average Bonchev–Trinajstić information content (AvgIpc) is 3.12. The Labute approximate surface area is 154 Å². The van der Waals surface area contributed by atoms with E-state index in [1.165, 1.54) is 23.8 Å². The fourth-order valence-electron chi connectivity index (χ4n) is 3.53. The van der Waals surface area contributed by atoms with E-state index in [9.17, 15) is 9.18 Å². The van der Waals surface area contributed by atoms with Crippen LogP contribution in [0.2, 0.25) is 0 Å². The molecule has 0 saturated carbocycles. The number of nitrogens with zero attached hydrogens (tertiary/aromatic N) is 2. The maximum atomic E-state index is 14.0. The number of nitrogens with one attached hydrogen (secondary N) is 1. The predicted octanol–water partition coefficient (Wildman–Crippen LogP) is 3.95. The number of methoxy groups -OCH3 is 1. The molecular formula is C20H18FN3O3. The first kappa shape index (κ1) is 17.1. The number of fused-ring (bicyclic) bond motifs is 1. The Hall–Kier alpha value is -3.35. The molecule has 2 heterocycles. The number of hydrogen-bond acceptors (Lipinski definition) is 4. The molecule has 2 aromatic heterocycles. The third-order valence-corrected chi connectivity index (χ3v) is 4.77. The van der Waals surface area contributed by atoms with Crippen molar-refractivity contribution in [1.29, 1.82) is 0 Å². The molecule has 0 atom stereocenters. The van der Waals surface area contributed by atoms with Crippen molar-refractivity contribution in [3.63, 3.8) is 0 Å². The van der Waals surface area contributed by atoms with Crippen LogP contribution in [-0.2, 0) is 7.05 Å². The van der Waals surface area contributed by atoms with Crippen molar-refractivity contribution in [3.05, 3.63) is 58.1 Å². The highest BCUT2D eigenvalue weighted by atomic mass is 19.1. The summed E-state index contributed by atoms with van der Waals surface area (Å²) in [5, 5.41) is 4.01. The van der Waals surface area contributed by atoms with E-state index in [0.29, 0.717) is 33.7 Å². The summed E-state index contributed by atoms with van der Waals surface area (Å²) in [4.78, 5) is 15.1. The molecule has 4 rings (SSSR count). The van der Waals surface area contributed by atoms with E-state index in [1.54, 1.807) is 13.1 Å². The molecule has 27 heavy (non-hydrogen) atoms. The lowest BCUT2D eigenvalue weighted by Crippen LogP contribution is -2.12. The number of aryl methyl sites for hydroxylation is 3. The number of aromatic amines is 1. The Balaban J connectivity index is 2.13. The molecule has 138 valence electrons. The molecule has 1 N–H and O–H groups in total. The van der Waals surface area contributed by atoms with Gasteiger partial charge in [0.15, 0.2) is 0 Å². The van der Waals surface area contributed by atoms with Crippen molar-refractivity contribution in [2.75, 3.05) is 7.11 Å². The molecule has 0 aliphatic carbocycles. The summed E-state index contributed by atoms with van der Waals surface area (Å²) in [6.45, 7) is 3.68. The first-order chi connectivity index (χ1) is 12.9. The van der Waals surface area contributed by atoms with E-state index < -0.39 is 0 Å². The van der Waals surface area contributed by atoms with Crippen LogP contribution in [-0.4, -0.2) is 21.8 Å². The Bertz CT molecular complexity index is 1210. The van der Waals surface area contributed by atoms with Crippen LogP contribution in [0, 0.1) is 19.7 Å². The highest BCUT2D eigenvalue weighted by Crippen LogP contribution is 2.39. The number of imidazole rings is 1. The van der Waals surface area contributed by atoms with Crippen molar-refractivity contribution in [3.8, 4) is 28.0 Å². The van der Waals surface area contributed by atoms with Crippen molar-refractivity contribution in [1.82, 2.24) is 14.7 Å². The monoisotopic (exact) mass is 367 g/mol. The standard InChI is InChI=1S/C20H18FN3O3/c1-10-18(11(2)27-23-10)12-7-15(14-9-13(21)5-6-17(14)26-4)19-16(8-12)22-20(25)24(19)3/h5-9H,1-4H3,(H,22,25). The van der Waals surface area contributed by atoms with Crippen LogP contribution in [0.5, 0.6) is 5.75 Å². The minimum absolute atomic E-state index is 0.252. The summed E-state index contributed by atoms with van der Waals surface area (Å²) in [7, 11) is 3.20. The summed E-state index contributed by atoms with van der Waals surface area (Å²) < 4.78 is 26.2. The Morgan fingerprint density at radius 1 is 1.19 bits per heavy atom. The van der Waals surface area contributed by atoms with Crippen molar-refractivity contribution in [2.24, 2.45) is 7.05 Å². The normalized spacial score (nSPS) is 11.3. The highest BCUT2D eigenvalue weighted by molar-refractivity contribution is 5.98. The van der Waals surface area contributed by atoms with Gasteiger partial charge in [0, 0.05) is 23.7 Å². The summed E-state index contributed by atoms with van der Waals surface area (Å²) in [5.74, 6) is 0.798. The zero-order valence-corrected chi connectivity index (χ0v) is 15.4. The van der Waals surface area contributed by atoms with Crippen molar-refractivity contribution in [2.45, 2.75) is 13.8 Å². The lowest BCUT2D eigenvalue weighted by molar-refractivity contribution is 0.393. The average molecular weight is 367 g/mol. The van der Waals surface area contributed by atoms with Crippen LogP contribution in [0.3, 0.4) is 0 Å². The van der Waals surface area contributed by atoms with E-state index >= 15 is 0 Å². The van der Waals surface area contributed by atoms with E-state index in [0.717, 1.165) is 16.8 Å². The third kappa shape index (κ3) is 2.63. The van der Waals surface area contributed by atoms with Crippen molar-refractivity contribution >= 4 is 11.0 Å². The number of ether oxygens (including phenoxy) is 1. The van der Waals surface area contributed by atoms with Gasteiger partial charge in [0.2, 0.25) is 0 Å². The molecular weight excluding hydrogens is 349 g/mol. The zero-order chi connectivity index (χ0) is 19.3. The number of H-pyrrole nitrogens is 1. The molecule has 0 fully saturated rings. The summed E-state index contributed by atoms with van der Waals surface area (Å²) in [6.07, 6.45) is 0. The SMILES string of the molecule is COc1ccc(F)cc1-c1cc(-c2c(C)noc2C)cc2[nH]c(=O)n(C)c12. The largest absolute Gasteiger partial charge is 0.496 e. The molecule has 0 amide bonds. The second-order valence-electron chi connectivity index (χ2n) is 6.45. The number of rotatable bonds is 3. The van der Waals surface area contributed by atoms with Crippen molar-refractivity contribution < 1.29 is 13.7 Å². The lowest BCUT2D eigenvalue weighted by Gasteiger charge is -2.13. The maximum Gasteiger partial charge on any atom is 0.326 e. The Morgan fingerprint density at radius 2 is 1.96 bits per heavy atom. The van der Waals surface area contributed by atoms with Crippen LogP contribution >= 0.6 is 0 Å². The highest BCUT2D eigenvalue weighted by Gasteiger charge is 2.19. The molecule has 0 saturated heterocycles. The third-order valence-electron chi connectivity index (χ3n) is 4.77. The Morgan fingerprint density at radius 3 is 2.63 bits per heavy atom. The van der Waals surface area contributed by atoms with Gasteiger partial charge in [-0.1, -0.05) is 5.16 Å². The van der Waals surface area contributed by atoms with Gasteiger partial charge in [0.05, 0.1) is 23.8 Å². The van der Waals surface area contributed by atoms with Gasteiger partial charge in [-0.05, 0) is 49.7 Å². The van der Waals surface area contributed by atoms with E-state index in [-0.39, 0.29) is 11.5 Å². The minimum Gasteiger partial charge on any atom is -0.496 e. The first-order valence-corrected chi connectivity index (χ1v) is 8.40. The van der Waals surface area contributed by atoms with Gasteiger partial charge in [-0.2, -0.15) is 0 Å². The second-order valence-corrected chi connectivity index (χ2v) is 6.45. The van der Waals surface area contributed by atoms with Gasteiger partial charge in [0.1, 0.15) is 17.3 Å². The molecule has 0 radical (unpaired) electrons. The van der Waals surface area contributed by atoms with Gasteiger partial charge in [-0.15, -0.1) is 0 Å². The Kier molecular flexibility index (Phi) is 3.87. The fourth-order valence-corrected chi connectivity index (χ4v) is 3.53. The lowest BCUT2D eigenvalue weighted by atomic mass is 9.96. The molecule has 4 aromatic rings. The molecule has 0 unspecified atom stereocenters. The van der Waals surface area contributed by atoms with Crippen LogP contribution in [0.25, 0.3) is 33.3 Å². The molecule has 6 nitrogen and oxygen atoms in total. The summed E-state index contributed by atoms with van der Waals surface area (Å²) in [6, 6.07) is 8.10. The van der Waals surface area contributed by atoms with Crippen LogP contribution in [0.1, 0.15) is 11.5 Å². The first-order valence-electron chi connectivity index (χ1n) is 8.40. The van der Waals surface area contributed by atoms with Crippen LogP contribution < -0.4 is 10.4 Å². The summed E-state index contributed by atoms with van der Waals surface area (Å²) >= 11 is 0. The number of halogens is 1. The van der Waals surface area contributed by atoms with Crippen LogP contribution in [0.4, 0.5) is 4.39 Å². The zero-order valence-electron chi connectivity index (χ0n) is 15.4. The fraction of sp³-hybridized carbons (Fsp3) is 0.200. The quantitative estimate of drug-likeness (QED) is 0.595. The van der Waals surface area contributed by atoms with Gasteiger partial charge >= 0.3 is 5.69 Å². The van der Waals surface area contributed by atoms with Gasteiger partial charge in [0.25, 0.3) is 0 Å². The number of benzene rings is 2. The number of aromatic nitrogens is 3. The molecule has 0 spiro atoms. The van der Waals surface area contributed by atoms with Gasteiger partial charge < -0.3 is 14.2 Å². The van der Waals surface area contributed by atoms with Crippen LogP contribution in [0.15, 0.2) is 39.6 Å². The second kappa shape index (κ2) is 6.12.